The summed E-state index contributed by atoms with van der Waals surface area (Å²) in [6.07, 6.45) is 11.8. The van der Waals surface area contributed by atoms with Gasteiger partial charge in [-0.1, -0.05) is 29.8 Å². The number of fused-ring (bicyclic) bond motifs is 4. The van der Waals surface area contributed by atoms with E-state index in [0.717, 1.165) is 57.3 Å². The van der Waals surface area contributed by atoms with Crippen molar-refractivity contribution in [3.8, 4) is 0 Å². The zero-order valence-electron chi connectivity index (χ0n) is 23.7. The van der Waals surface area contributed by atoms with Crippen LogP contribution in [0.15, 0.2) is 52.2 Å². The molecule has 0 unspecified atom stereocenters. The fraction of sp³-hybridized carbons (Fsp3) is 0.606. The summed E-state index contributed by atoms with van der Waals surface area (Å²) in [5.74, 6) is 0.422. The number of anilines is 1. The molecule has 0 bridgehead atoms. The first-order chi connectivity index (χ1) is 18.8. The predicted octanol–water partition coefficient (Wildman–Crippen LogP) is 6.73. The van der Waals surface area contributed by atoms with Crippen molar-refractivity contribution >= 4 is 23.2 Å². The monoisotopic (exact) mass is 530 g/mol. The normalized spacial score (nSPS) is 35.2. The molecule has 1 N–H and O–H groups in total. The molecule has 1 aliphatic heterocycles. The quantitative estimate of drug-likeness (QED) is 0.265. The highest BCUT2D eigenvalue weighted by Gasteiger charge is 2.67. The summed E-state index contributed by atoms with van der Waals surface area (Å²) in [4.78, 5) is 28.2. The standard InChI is InChI=1S/C33H42N2O4/c1-21(36)33(39-22(2)37)16-15-30-28-13-9-24-19-25(34-38)10-14-27(24)31(28)29(20-32(30,33)3)23-7-11-26(12-8-23)35-17-5-4-6-18-35/h7-8,11-12,19,28-30,38H,4-6,9-10,13-18,20H2,1-3H3/t28-,29+,30-,32-,33-/m0/s1. The highest BCUT2D eigenvalue weighted by Crippen LogP contribution is 2.67. The lowest BCUT2D eigenvalue weighted by molar-refractivity contribution is -0.182. The van der Waals surface area contributed by atoms with Gasteiger partial charge in [0.25, 0.3) is 0 Å². The van der Waals surface area contributed by atoms with Crippen molar-refractivity contribution in [3.05, 3.63) is 52.6 Å². The number of hydrogen-bond donors (Lipinski definition) is 1. The molecule has 1 aromatic rings. The lowest BCUT2D eigenvalue weighted by Gasteiger charge is -2.55. The third-order valence-electron chi connectivity index (χ3n) is 10.9. The Labute approximate surface area is 232 Å². The Morgan fingerprint density at radius 3 is 2.44 bits per heavy atom. The van der Waals surface area contributed by atoms with E-state index in [1.165, 1.54) is 54.2 Å². The fourth-order valence-electron chi connectivity index (χ4n) is 9.17. The van der Waals surface area contributed by atoms with Crippen LogP contribution in [0.25, 0.3) is 0 Å². The highest BCUT2D eigenvalue weighted by molar-refractivity contribution is 5.97. The van der Waals surface area contributed by atoms with E-state index >= 15 is 0 Å². The molecule has 1 saturated heterocycles. The highest BCUT2D eigenvalue weighted by atomic mass is 16.6. The van der Waals surface area contributed by atoms with Crippen molar-refractivity contribution in [1.29, 1.82) is 0 Å². The van der Waals surface area contributed by atoms with Crippen molar-refractivity contribution < 1.29 is 19.5 Å². The van der Waals surface area contributed by atoms with Gasteiger partial charge in [0.2, 0.25) is 0 Å². The van der Waals surface area contributed by atoms with Gasteiger partial charge in [0.05, 0.1) is 5.71 Å². The zero-order chi connectivity index (χ0) is 27.4. The Bertz CT molecular complexity index is 1250. The van der Waals surface area contributed by atoms with E-state index in [1.54, 1.807) is 6.92 Å². The molecule has 208 valence electrons. The van der Waals surface area contributed by atoms with E-state index in [9.17, 15) is 14.8 Å². The summed E-state index contributed by atoms with van der Waals surface area (Å²) < 4.78 is 6.06. The molecule has 0 aromatic heterocycles. The summed E-state index contributed by atoms with van der Waals surface area (Å²) in [5, 5.41) is 13.0. The van der Waals surface area contributed by atoms with Crippen molar-refractivity contribution in [2.24, 2.45) is 22.4 Å². The molecule has 6 nitrogen and oxygen atoms in total. The van der Waals surface area contributed by atoms with Crippen LogP contribution in [-0.4, -0.2) is 41.4 Å². The van der Waals surface area contributed by atoms with E-state index in [1.807, 2.05) is 0 Å². The Morgan fingerprint density at radius 1 is 1.03 bits per heavy atom. The number of ether oxygens (including phenoxy) is 1. The van der Waals surface area contributed by atoms with Crippen LogP contribution >= 0.6 is 0 Å². The summed E-state index contributed by atoms with van der Waals surface area (Å²) >= 11 is 0. The second-order valence-electron chi connectivity index (χ2n) is 12.8. The van der Waals surface area contributed by atoms with Gasteiger partial charge in [-0.25, -0.2) is 0 Å². The third kappa shape index (κ3) is 4.17. The van der Waals surface area contributed by atoms with Gasteiger partial charge in [0.15, 0.2) is 11.4 Å². The van der Waals surface area contributed by atoms with Crippen LogP contribution in [0.4, 0.5) is 5.69 Å². The molecule has 3 fully saturated rings. The molecule has 5 aliphatic rings. The van der Waals surface area contributed by atoms with Crippen molar-refractivity contribution in [3.63, 3.8) is 0 Å². The molecule has 6 heteroatoms. The maximum atomic E-state index is 13.3. The number of ketones is 1. The average Bonchev–Trinajstić information content (AvgIpc) is 3.24. The van der Waals surface area contributed by atoms with Crippen LogP contribution in [0, 0.1) is 17.3 Å². The van der Waals surface area contributed by atoms with Crippen LogP contribution in [0.1, 0.15) is 96.5 Å². The number of piperidine rings is 1. The lowest BCUT2D eigenvalue weighted by atomic mass is 9.50. The van der Waals surface area contributed by atoms with Crippen molar-refractivity contribution in [2.45, 2.75) is 96.5 Å². The molecule has 6 rings (SSSR count). The smallest absolute Gasteiger partial charge is 0.303 e. The molecule has 4 aliphatic carbocycles. The zero-order valence-corrected chi connectivity index (χ0v) is 23.7. The number of oxime groups is 1. The molecule has 0 radical (unpaired) electrons. The van der Waals surface area contributed by atoms with E-state index in [0.29, 0.717) is 18.3 Å². The summed E-state index contributed by atoms with van der Waals surface area (Å²) in [6, 6.07) is 9.18. The number of esters is 1. The van der Waals surface area contributed by atoms with Crippen LogP contribution in [0.3, 0.4) is 0 Å². The van der Waals surface area contributed by atoms with Gasteiger partial charge in [-0.2, -0.15) is 0 Å². The second-order valence-corrected chi connectivity index (χ2v) is 12.8. The average molecular weight is 531 g/mol. The van der Waals surface area contributed by atoms with Gasteiger partial charge >= 0.3 is 5.97 Å². The maximum absolute atomic E-state index is 13.3. The minimum absolute atomic E-state index is 0.0177. The molecule has 1 heterocycles. The first kappa shape index (κ1) is 26.3. The summed E-state index contributed by atoms with van der Waals surface area (Å²) in [6.45, 7) is 7.52. The van der Waals surface area contributed by atoms with Gasteiger partial charge in [-0.05, 0) is 118 Å². The summed E-state index contributed by atoms with van der Waals surface area (Å²) in [5.41, 5.74) is 6.14. The Balaban J connectivity index is 1.46. The van der Waals surface area contributed by atoms with E-state index in [4.69, 9.17) is 4.74 Å². The van der Waals surface area contributed by atoms with E-state index in [-0.39, 0.29) is 17.7 Å². The SMILES string of the molecule is CC(=O)O[C@]1(C(C)=O)CC[C@H]2[C@@H]3CCC4=CC(=NO)CCC4=C3[C@@H](c3ccc(N4CCCCC4)cc3)C[C@@]21C. The number of carbonyl (C=O) groups is 2. The van der Waals surface area contributed by atoms with Gasteiger partial charge in [-0.3, -0.25) is 9.59 Å². The van der Waals surface area contributed by atoms with Crippen LogP contribution in [-0.2, 0) is 14.3 Å². The van der Waals surface area contributed by atoms with Gasteiger partial charge in [-0.15, -0.1) is 0 Å². The number of Topliss-reactive ketones (excluding diaryl/α,β-unsaturated/α-hetero) is 1. The number of benzene rings is 1. The topological polar surface area (TPSA) is 79.2 Å². The first-order valence-electron chi connectivity index (χ1n) is 15.0. The van der Waals surface area contributed by atoms with E-state index < -0.39 is 11.0 Å². The van der Waals surface area contributed by atoms with Crippen molar-refractivity contribution in [1.82, 2.24) is 0 Å². The molecule has 5 atom stereocenters. The fourth-order valence-corrected chi connectivity index (χ4v) is 9.17. The molecular formula is C33H42N2O4. The van der Waals surface area contributed by atoms with Gasteiger partial charge in [0.1, 0.15) is 0 Å². The largest absolute Gasteiger partial charge is 0.451 e. The second kappa shape index (κ2) is 9.94. The number of allylic oxidation sites excluding steroid dienone is 4. The molecule has 39 heavy (non-hydrogen) atoms. The lowest BCUT2D eigenvalue weighted by Crippen LogP contribution is -2.57. The molecule has 2 saturated carbocycles. The third-order valence-corrected chi connectivity index (χ3v) is 10.9. The Kier molecular flexibility index (Phi) is 6.71. The van der Waals surface area contributed by atoms with Crippen LogP contribution < -0.4 is 4.90 Å². The molecular weight excluding hydrogens is 488 g/mol. The minimum Gasteiger partial charge on any atom is -0.451 e. The first-order valence-corrected chi connectivity index (χ1v) is 15.0. The Morgan fingerprint density at radius 2 is 1.77 bits per heavy atom. The van der Waals surface area contributed by atoms with E-state index in [2.05, 4.69) is 47.3 Å². The van der Waals surface area contributed by atoms with Crippen LogP contribution in [0.2, 0.25) is 0 Å². The number of rotatable bonds is 4. The maximum Gasteiger partial charge on any atom is 0.303 e. The van der Waals surface area contributed by atoms with Crippen LogP contribution in [0.5, 0.6) is 0 Å². The number of hydrogen-bond acceptors (Lipinski definition) is 6. The van der Waals surface area contributed by atoms with Gasteiger partial charge in [0, 0.05) is 37.0 Å². The number of nitrogens with zero attached hydrogens (tertiary/aromatic N) is 2. The predicted molar refractivity (Wildman–Crippen MR) is 152 cm³/mol. The number of carbonyl (C=O) groups excluding carboxylic acids is 2. The Hall–Kier alpha value is -2.89. The molecule has 0 spiro atoms. The summed E-state index contributed by atoms with van der Waals surface area (Å²) in [7, 11) is 0. The molecule has 1 aromatic carbocycles. The molecule has 0 amide bonds. The minimum atomic E-state index is -1.06. The van der Waals surface area contributed by atoms with Crippen molar-refractivity contribution in [2.75, 3.05) is 18.0 Å². The van der Waals surface area contributed by atoms with Gasteiger partial charge < -0.3 is 14.8 Å².